The van der Waals surface area contributed by atoms with Crippen molar-refractivity contribution in [3.8, 4) is 0 Å². The van der Waals surface area contributed by atoms with E-state index in [1.807, 2.05) is 0 Å². The molecule has 0 radical (unpaired) electrons. The molecule has 1 rings (SSSR count). The number of carboxylic acids is 1. The molecule has 0 saturated heterocycles. The molecule has 0 aliphatic carbocycles. The van der Waals surface area contributed by atoms with E-state index in [-0.39, 0.29) is 5.91 Å². The highest BCUT2D eigenvalue weighted by molar-refractivity contribution is 9.11. The van der Waals surface area contributed by atoms with Gasteiger partial charge in [-0.25, -0.2) is 4.79 Å². The summed E-state index contributed by atoms with van der Waals surface area (Å²) in [6, 6.07) is 0.838. The van der Waals surface area contributed by atoms with Gasteiger partial charge < -0.3 is 10.4 Å². The molecule has 1 heterocycles. The Labute approximate surface area is 99.4 Å². The highest BCUT2D eigenvalue weighted by Crippen LogP contribution is 2.20. The Bertz CT molecular complexity index is 377. The van der Waals surface area contributed by atoms with Crippen LogP contribution in [0.3, 0.4) is 0 Å². The lowest BCUT2D eigenvalue weighted by molar-refractivity contribution is -0.139. The van der Waals surface area contributed by atoms with Crippen molar-refractivity contribution in [1.29, 1.82) is 0 Å². The lowest BCUT2D eigenvalue weighted by atomic mass is 10.2. The molecular weight excluding hydrogens is 282 g/mol. The predicted octanol–water partition coefficient (Wildman–Crippen LogP) is 2.10. The summed E-state index contributed by atoms with van der Waals surface area (Å²) in [7, 11) is 0. The van der Waals surface area contributed by atoms with Gasteiger partial charge in [-0.15, -0.1) is 11.3 Å². The predicted molar refractivity (Wildman–Crippen MR) is 61.2 cm³/mol. The first-order valence-electron chi connectivity index (χ1n) is 4.32. The van der Waals surface area contributed by atoms with E-state index in [1.54, 1.807) is 18.4 Å². The van der Waals surface area contributed by atoms with Crippen molar-refractivity contribution in [2.24, 2.45) is 0 Å². The minimum Gasteiger partial charge on any atom is -0.480 e. The highest BCUT2D eigenvalue weighted by Gasteiger charge is 2.18. The monoisotopic (exact) mass is 291 g/mol. The molecule has 1 atom stereocenters. The molecule has 1 amide bonds. The average Bonchev–Trinajstić information content (AvgIpc) is 2.60. The number of amides is 1. The first-order valence-corrected chi connectivity index (χ1v) is 5.99. The molecule has 15 heavy (non-hydrogen) atoms. The molecule has 0 aliphatic rings. The van der Waals surface area contributed by atoms with Gasteiger partial charge in [0.25, 0.3) is 5.91 Å². The number of carbonyl (C=O) groups excluding carboxylic acids is 1. The van der Waals surface area contributed by atoms with E-state index in [0.717, 1.165) is 3.79 Å². The van der Waals surface area contributed by atoms with Crippen LogP contribution in [0.1, 0.15) is 23.7 Å². The molecule has 0 aliphatic heterocycles. The first-order chi connectivity index (χ1) is 7.04. The molecule has 0 unspecified atom stereocenters. The fourth-order valence-electron chi connectivity index (χ4n) is 1.01. The van der Waals surface area contributed by atoms with Crippen molar-refractivity contribution in [2.45, 2.75) is 19.4 Å². The number of rotatable bonds is 4. The van der Waals surface area contributed by atoms with Crippen molar-refractivity contribution in [3.05, 3.63) is 20.8 Å². The molecule has 0 saturated carbocycles. The third-order valence-electron chi connectivity index (χ3n) is 1.84. The van der Waals surface area contributed by atoms with Gasteiger partial charge in [0, 0.05) is 5.38 Å². The van der Waals surface area contributed by atoms with Gasteiger partial charge in [0.05, 0.1) is 9.35 Å². The maximum absolute atomic E-state index is 11.5. The molecule has 1 aromatic rings. The Morgan fingerprint density at radius 1 is 1.67 bits per heavy atom. The van der Waals surface area contributed by atoms with E-state index < -0.39 is 12.0 Å². The van der Waals surface area contributed by atoms with Crippen LogP contribution in [0.15, 0.2) is 15.2 Å². The zero-order valence-corrected chi connectivity index (χ0v) is 10.4. The van der Waals surface area contributed by atoms with Gasteiger partial charge in [-0.3, -0.25) is 4.79 Å². The second-order valence-electron chi connectivity index (χ2n) is 2.91. The molecule has 0 fully saturated rings. The van der Waals surface area contributed by atoms with Crippen molar-refractivity contribution in [1.82, 2.24) is 5.32 Å². The van der Waals surface area contributed by atoms with Gasteiger partial charge in [0.1, 0.15) is 6.04 Å². The topological polar surface area (TPSA) is 66.4 Å². The number of aliphatic carboxylic acids is 1. The molecule has 1 aromatic heterocycles. The Hall–Kier alpha value is -0.880. The molecule has 4 nitrogen and oxygen atoms in total. The standard InChI is InChI=1S/C9H10BrNO3S/c1-2-6(9(13)14)11-8(12)5-3-7(10)15-4-5/h3-4,6H,2H2,1H3,(H,11,12)(H,13,14)/t6-/m0/s1. The quantitative estimate of drug-likeness (QED) is 0.893. The number of thiophene rings is 1. The van der Waals surface area contributed by atoms with Crippen LogP contribution < -0.4 is 5.32 Å². The van der Waals surface area contributed by atoms with Crippen LogP contribution in [0.4, 0.5) is 0 Å². The van der Waals surface area contributed by atoms with Crippen molar-refractivity contribution in [2.75, 3.05) is 0 Å². The van der Waals surface area contributed by atoms with Crippen molar-refractivity contribution < 1.29 is 14.7 Å². The molecular formula is C9H10BrNO3S. The maximum atomic E-state index is 11.5. The first kappa shape index (κ1) is 12.2. The van der Waals surface area contributed by atoms with Crippen LogP contribution in [-0.4, -0.2) is 23.0 Å². The largest absolute Gasteiger partial charge is 0.480 e. The summed E-state index contributed by atoms with van der Waals surface area (Å²) in [5, 5.41) is 12.9. The van der Waals surface area contributed by atoms with Gasteiger partial charge in [-0.05, 0) is 28.4 Å². The zero-order chi connectivity index (χ0) is 11.4. The summed E-state index contributed by atoms with van der Waals surface area (Å²) in [6.07, 6.45) is 0.367. The maximum Gasteiger partial charge on any atom is 0.326 e. The molecule has 82 valence electrons. The average molecular weight is 292 g/mol. The lowest BCUT2D eigenvalue weighted by Gasteiger charge is -2.10. The third-order valence-corrected chi connectivity index (χ3v) is 3.35. The number of carboxylic acid groups (broad SMARTS) is 1. The van der Waals surface area contributed by atoms with Gasteiger partial charge in [0.15, 0.2) is 0 Å². The van der Waals surface area contributed by atoms with Crippen molar-refractivity contribution >= 4 is 39.1 Å². The van der Waals surface area contributed by atoms with Gasteiger partial charge in [-0.2, -0.15) is 0 Å². The number of hydrogen-bond acceptors (Lipinski definition) is 3. The SMILES string of the molecule is CC[C@H](NC(=O)c1csc(Br)c1)C(=O)O. The molecule has 0 bridgehead atoms. The third kappa shape index (κ3) is 3.32. The van der Waals surface area contributed by atoms with E-state index in [1.165, 1.54) is 11.3 Å². The second kappa shape index (κ2) is 5.27. The van der Waals surface area contributed by atoms with Gasteiger partial charge >= 0.3 is 5.97 Å². The van der Waals surface area contributed by atoms with E-state index in [9.17, 15) is 9.59 Å². The Morgan fingerprint density at radius 2 is 2.33 bits per heavy atom. The minimum atomic E-state index is -1.01. The molecule has 6 heteroatoms. The number of hydrogen-bond donors (Lipinski definition) is 2. The number of carbonyl (C=O) groups is 2. The van der Waals surface area contributed by atoms with Crippen molar-refractivity contribution in [3.63, 3.8) is 0 Å². The molecule has 2 N–H and O–H groups in total. The fraction of sp³-hybridized carbons (Fsp3) is 0.333. The number of halogens is 1. The van der Waals surface area contributed by atoms with Crippen LogP contribution >= 0.6 is 27.3 Å². The summed E-state index contributed by atoms with van der Waals surface area (Å²) >= 11 is 4.62. The lowest BCUT2D eigenvalue weighted by Crippen LogP contribution is -2.40. The van der Waals surface area contributed by atoms with E-state index >= 15 is 0 Å². The Kier molecular flexibility index (Phi) is 4.28. The second-order valence-corrected chi connectivity index (χ2v) is 5.20. The summed E-state index contributed by atoms with van der Waals surface area (Å²) in [5.41, 5.74) is 0.478. The van der Waals surface area contributed by atoms with Crippen LogP contribution in [0.2, 0.25) is 0 Å². The number of nitrogens with one attached hydrogen (secondary N) is 1. The van der Waals surface area contributed by atoms with Crippen LogP contribution in [0.25, 0.3) is 0 Å². The van der Waals surface area contributed by atoms with Crippen LogP contribution in [0.5, 0.6) is 0 Å². The highest BCUT2D eigenvalue weighted by atomic mass is 79.9. The smallest absolute Gasteiger partial charge is 0.326 e. The van der Waals surface area contributed by atoms with Crippen LogP contribution in [0, 0.1) is 0 Å². The normalized spacial score (nSPS) is 12.1. The summed E-state index contributed by atoms with van der Waals surface area (Å²) in [6.45, 7) is 1.71. The van der Waals surface area contributed by atoms with E-state index in [4.69, 9.17) is 5.11 Å². The van der Waals surface area contributed by atoms with Crippen LogP contribution in [-0.2, 0) is 4.79 Å². The van der Waals surface area contributed by atoms with E-state index in [2.05, 4.69) is 21.2 Å². The fourth-order valence-corrected chi connectivity index (χ4v) is 2.15. The van der Waals surface area contributed by atoms with E-state index in [0.29, 0.717) is 12.0 Å². The summed E-state index contributed by atoms with van der Waals surface area (Å²) < 4.78 is 0.844. The molecule has 0 spiro atoms. The summed E-state index contributed by atoms with van der Waals surface area (Å²) in [4.78, 5) is 22.2. The van der Waals surface area contributed by atoms with Gasteiger partial charge in [-0.1, -0.05) is 6.92 Å². The summed E-state index contributed by atoms with van der Waals surface area (Å²) in [5.74, 6) is -1.37. The minimum absolute atomic E-state index is 0.355. The molecule has 0 aromatic carbocycles. The van der Waals surface area contributed by atoms with Gasteiger partial charge in [0.2, 0.25) is 0 Å². The Morgan fingerprint density at radius 3 is 2.73 bits per heavy atom. The zero-order valence-electron chi connectivity index (χ0n) is 7.99. The Balaban J connectivity index is 2.66.